The van der Waals surface area contributed by atoms with E-state index < -0.39 is 10.6 Å². The molecule has 0 spiro atoms. The van der Waals surface area contributed by atoms with Crippen LogP contribution in [0.25, 0.3) is 0 Å². The third-order valence-corrected chi connectivity index (χ3v) is 10.2. The van der Waals surface area contributed by atoms with Crippen LogP contribution in [0.4, 0.5) is 5.69 Å². The van der Waals surface area contributed by atoms with Crippen molar-refractivity contribution >= 4 is 48.1 Å². The molecule has 1 aromatic rings. The molecule has 0 radical (unpaired) electrons. The minimum atomic E-state index is -2.51. The summed E-state index contributed by atoms with van der Waals surface area (Å²) in [5.74, 6) is 1.04. The second-order valence-corrected chi connectivity index (χ2v) is 12.9. The highest BCUT2D eigenvalue weighted by Gasteiger charge is 2.53. The lowest BCUT2D eigenvalue weighted by Gasteiger charge is -2.37. The molecule has 0 aromatic heterocycles. The van der Waals surface area contributed by atoms with E-state index in [0.717, 1.165) is 19.3 Å². The molecule has 1 unspecified atom stereocenters. The number of non-ortho nitro benzene ring substituents is 1. The fourth-order valence-electron chi connectivity index (χ4n) is 3.18. The van der Waals surface area contributed by atoms with Crippen molar-refractivity contribution in [3.63, 3.8) is 0 Å². The summed E-state index contributed by atoms with van der Waals surface area (Å²) in [6.07, 6.45) is 3.03. The van der Waals surface area contributed by atoms with Gasteiger partial charge in [-0.3, -0.25) is 10.1 Å². The van der Waals surface area contributed by atoms with E-state index in [1.807, 2.05) is 0 Å². The fraction of sp³-hybridized carbons (Fsp3) is 0.500. The Morgan fingerprint density at radius 1 is 1.52 bits per heavy atom. The Labute approximate surface area is 164 Å². The van der Waals surface area contributed by atoms with Crippen LogP contribution in [-0.4, -0.2) is 15.8 Å². The summed E-state index contributed by atoms with van der Waals surface area (Å²) in [4.78, 5) is 10.3. The van der Waals surface area contributed by atoms with E-state index in [1.165, 1.54) is 17.7 Å². The molecule has 2 fully saturated rings. The number of benzene rings is 1. The van der Waals surface area contributed by atoms with E-state index in [-0.39, 0.29) is 24.8 Å². The molecule has 5 nitrogen and oxygen atoms in total. The summed E-state index contributed by atoms with van der Waals surface area (Å²) in [6, 6.07) is 6.00. The van der Waals surface area contributed by atoms with Crippen molar-refractivity contribution < 1.29 is 14.0 Å². The number of hydrogen-bond acceptors (Lipinski definition) is 6. The van der Waals surface area contributed by atoms with Crippen LogP contribution < -0.4 is 4.52 Å². The molecule has 2 aliphatic rings. The molecule has 0 bridgehead atoms. The number of nitrogens with zero attached hydrogens (tertiary/aromatic N) is 1. The highest BCUT2D eigenvalue weighted by atomic mass is 32.9. The predicted molar refractivity (Wildman–Crippen MR) is 111 cm³/mol. The molecular formula is C16H22NO4PS3. The van der Waals surface area contributed by atoms with Gasteiger partial charge in [-0.25, -0.2) is 0 Å². The van der Waals surface area contributed by atoms with E-state index in [1.54, 1.807) is 23.5 Å². The number of fused-ring (bicyclic) bond motifs is 1. The number of nitro groups is 1. The van der Waals surface area contributed by atoms with E-state index in [0.29, 0.717) is 16.9 Å². The molecule has 0 N–H and O–H groups in total. The van der Waals surface area contributed by atoms with Gasteiger partial charge in [-0.05, 0) is 63.0 Å². The van der Waals surface area contributed by atoms with Gasteiger partial charge in [0, 0.05) is 17.4 Å². The third kappa shape index (κ3) is 4.42. The topological polar surface area (TPSA) is 61.6 Å². The van der Waals surface area contributed by atoms with Crippen molar-refractivity contribution in [2.75, 3.05) is 0 Å². The average molecular weight is 420 g/mol. The van der Waals surface area contributed by atoms with E-state index in [4.69, 9.17) is 20.9 Å². The van der Waals surface area contributed by atoms with Gasteiger partial charge in [0.25, 0.3) is 11.4 Å². The van der Waals surface area contributed by atoms with Crippen LogP contribution in [0.1, 0.15) is 33.1 Å². The summed E-state index contributed by atoms with van der Waals surface area (Å²) in [7, 11) is 0. The SMILES string of the molecule is C=C(C)C1CC[C@@]2(C)O[P@](=S)(Oc3ccc([N+](=O)[O-])cc3)S[C@@H]2C1.S. The number of nitro benzene ring substituents is 1. The second kappa shape index (κ2) is 7.61. The van der Waals surface area contributed by atoms with Crippen LogP contribution in [0.2, 0.25) is 0 Å². The minimum absolute atomic E-state index is 0. The van der Waals surface area contributed by atoms with Crippen LogP contribution in [-0.2, 0) is 16.3 Å². The smallest absolute Gasteiger partial charge is 0.298 e. The van der Waals surface area contributed by atoms with Crippen molar-refractivity contribution in [2.45, 2.75) is 44.0 Å². The maximum Gasteiger partial charge on any atom is 0.298 e. The zero-order chi connectivity index (χ0) is 17.5. The van der Waals surface area contributed by atoms with Crippen LogP contribution in [0.15, 0.2) is 36.4 Å². The molecular weight excluding hydrogens is 397 g/mol. The summed E-state index contributed by atoms with van der Waals surface area (Å²) >= 11 is 7.33. The van der Waals surface area contributed by atoms with Gasteiger partial charge in [0.2, 0.25) is 0 Å². The van der Waals surface area contributed by atoms with Gasteiger partial charge in [-0.15, -0.1) is 0 Å². The molecule has 9 heteroatoms. The van der Waals surface area contributed by atoms with Crippen molar-refractivity contribution in [1.29, 1.82) is 0 Å². The lowest BCUT2D eigenvalue weighted by molar-refractivity contribution is -0.384. The first-order valence-corrected chi connectivity index (χ1v) is 11.9. The van der Waals surface area contributed by atoms with Crippen molar-refractivity contribution in [3.8, 4) is 5.75 Å². The summed E-state index contributed by atoms with van der Waals surface area (Å²) in [6.45, 7) is 8.29. The van der Waals surface area contributed by atoms with Gasteiger partial charge in [0.05, 0.1) is 10.5 Å². The first-order chi connectivity index (χ1) is 11.2. The van der Waals surface area contributed by atoms with Crippen molar-refractivity contribution in [1.82, 2.24) is 0 Å². The van der Waals surface area contributed by atoms with E-state index in [2.05, 4.69) is 20.4 Å². The fourth-order valence-corrected chi connectivity index (χ4v) is 10.1. The Balaban J connectivity index is 0.00000225. The molecule has 1 saturated carbocycles. The van der Waals surface area contributed by atoms with Crippen LogP contribution in [0, 0.1) is 16.0 Å². The monoisotopic (exact) mass is 419 g/mol. The molecule has 3 rings (SSSR count). The van der Waals surface area contributed by atoms with Crippen molar-refractivity contribution in [2.24, 2.45) is 5.92 Å². The van der Waals surface area contributed by atoms with E-state index >= 15 is 0 Å². The van der Waals surface area contributed by atoms with Crippen LogP contribution >= 0.6 is 30.6 Å². The standard InChI is InChI=1S/C16H20NO4PS2.H2S/c1-11(2)12-8-9-16(3)15(10-12)24-22(23,21-16)20-14-6-4-13(5-7-14)17(18)19;/h4-7,12,15H,1,8-10H2,2-3H3;1H2/t12?,15-,16-,22+;/m1./s1. The molecule has 25 heavy (non-hydrogen) atoms. The Kier molecular flexibility index (Phi) is 6.32. The molecule has 138 valence electrons. The Morgan fingerprint density at radius 2 is 2.16 bits per heavy atom. The van der Waals surface area contributed by atoms with E-state index in [9.17, 15) is 10.1 Å². The van der Waals surface area contributed by atoms with Gasteiger partial charge in [-0.1, -0.05) is 23.5 Å². The maximum absolute atomic E-state index is 10.7. The molecule has 1 heterocycles. The third-order valence-electron chi connectivity index (χ3n) is 4.71. The molecule has 1 saturated heterocycles. The van der Waals surface area contributed by atoms with Gasteiger partial charge >= 0.3 is 0 Å². The van der Waals surface area contributed by atoms with Gasteiger partial charge in [0.15, 0.2) is 0 Å². The molecule has 1 aromatic carbocycles. The second-order valence-electron chi connectivity index (χ2n) is 6.61. The normalized spacial score (nSPS) is 33.8. The summed E-state index contributed by atoms with van der Waals surface area (Å²) < 4.78 is 12.2. The molecule has 1 aliphatic heterocycles. The Hall–Kier alpha value is -0.530. The maximum atomic E-state index is 10.7. The van der Waals surface area contributed by atoms with Crippen LogP contribution in [0.5, 0.6) is 5.75 Å². The van der Waals surface area contributed by atoms with Gasteiger partial charge in [-0.2, -0.15) is 13.5 Å². The molecule has 1 aliphatic carbocycles. The quantitative estimate of drug-likeness (QED) is 0.275. The Bertz CT molecular complexity index is 727. The zero-order valence-corrected chi connectivity index (χ0v) is 17.7. The largest absolute Gasteiger partial charge is 0.436 e. The minimum Gasteiger partial charge on any atom is -0.436 e. The summed E-state index contributed by atoms with van der Waals surface area (Å²) in [5.41, 5.74) is -1.52. The van der Waals surface area contributed by atoms with Crippen molar-refractivity contribution in [3.05, 3.63) is 46.5 Å². The van der Waals surface area contributed by atoms with Crippen LogP contribution in [0.3, 0.4) is 0 Å². The first kappa shape index (κ1) is 20.8. The average Bonchev–Trinajstić information content (AvgIpc) is 2.76. The number of hydrogen-bond donors (Lipinski definition) is 0. The van der Waals surface area contributed by atoms with Gasteiger partial charge in [0.1, 0.15) is 5.75 Å². The highest BCUT2D eigenvalue weighted by Crippen LogP contribution is 2.74. The highest BCUT2D eigenvalue weighted by molar-refractivity contribution is 8.68. The first-order valence-electron chi connectivity index (χ1n) is 7.79. The zero-order valence-electron chi connectivity index (χ0n) is 14.1. The molecule has 0 amide bonds. The predicted octanol–water partition coefficient (Wildman–Crippen LogP) is 5.58. The number of rotatable bonds is 4. The summed E-state index contributed by atoms with van der Waals surface area (Å²) in [5, 5.41) is 11.0. The number of allylic oxidation sites excluding steroid dienone is 1. The Morgan fingerprint density at radius 3 is 2.72 bits per heavy atom. The lowest BCUT2D eigenvalue weighted by atomic mass is 9.77. The lowest BCUT2D eigenvalue weighted by Crippen LogP contribution is -2.40. The van der Waals surface area contributed by atoms with Gasteiger partial charge < -0.3 is 9.05 Å². The molecule has 4 atom stereocenters.